The zero-order chi connectivity index (χ0) is 11.0. The summed E-state index contributed by atoms with van der Waals surface area (Å²) in [5, 5.41) is 13.4. The maximum Gasteiger partial charge on any atom is 0.142 e. The maximum atomic E-state index is 8.95. The molecule has 5 heteroatoms. The summed E-state index contributed by atoms with van der Waals surface area (Å²) < 4.78 is 0. The zero-order valence-electron chi connectivity index (χ0n) is 8.85. The molecule has 0 amide bonds. The lowest BCUT2D eigenvalue weighted by molar-refractivity contribution is 0.151. The second-order valence-electron chi connectivity index (χ2n) is 4.32. The predicted molar refractivity (Wildman–Crippen MR) is 61.1 cm³/mol. The van der Waals surface area contributed by atoms with Crippen LogP contribution in [0.25, 0.3) is 11.0 Å². The molecule has 0 spiro atoms. The van der Waals surface area contributed by atoms with Crippen LogP contribution in [0, 0.1) is 5.92 Å². The first-order valence-electron chi connectivity index (χ1n) is 5.52. The Bertz CT molecular complexity index is 489. The van der Waals surface area contributed by atoms with Gasteiger partial charge in [0.25, 0.3) is 0 Å². The van der Waals surface area contributed by atoms with Gasteiger partial charge in [-0.2, -0.15) is 0 Å². The molecule has 0 aromatic carbocycles. The molecule has 84 valence electrons. The summed E-state index contributed by atoms with van der Waals surface area (Å²) in [7, 11) is 0. The van der Waals surface area contributed by atoms with E-state index in [1.165, 1.54) is 0 Å². The number of rotatable bonds is 3. The predicted octanol–water partition coefficient (Wildman–Crippen LogP) is 1.14. The summed E-state index contributed by atoms with van der Waals surface area (Å²) in [4.78, 5) is 11.4. The van der Waals surface area contributed by atoms with E-state index in [1.807, 2.05) is 12.3 Å². The monoisotopic (exact) mass is 218 g/mol. The largest absolute Gasteiger partial charge is 0.396 e. The molecule has 0 saturated heterocycles. The fourth-order valence-electron chi connectivity index (χ4n) is 2.18. The van der Waals surface area contributed by atoms with Crippen molar-refractivity contribution < 1.29 is 5.11 Å². The molecule has 3 rings (SSSR count). The Hall–Kier alpha value is -1.62. The van der Waals surface area contributed by atoms with Crippen molar-refractivity contribution in [3.63, 3.8) is 0 Å². The van der Waals surface area contributed by atoms with Crippen LogP contribution < -0.4 is 5.32 Å². The molecule has 2 aromatic rings. The highest BCUT2D eigenvalue weighted by Gasteiger charge is 2.28. The number of hydrogen-bond donors (Lipinski definition) is 3. The molecule has 5 nitrogen and oxygen atoms in total. The Morgan fingerprint density at radius 2 is 2.31 bits per heavy atom. The van der Waals surface area contributed by atoms with Crippen LogP contribution in [0.4, 0.5) is 5.82 Å². The molecule has 0 bridgehead atoms. The van der Waals surface area contributed by atoms with Gasteiger partial charge in [0.2, 0.25) is 0 Å². The molecule has 1 aliphatic rings. The lowest BCUT2D eigenvalue weighted by atomic mass is 9.81. The van der Waals surface area contributed by atoms with Crippen molar-refractivity contribution in [3.05, 3.63) is 18.6 Å². The standard InChI is InChI=1S/C11H14N4O/c16-5-7-3-8(4-7)15-11-9-1-2-12-10(9)13-6-14-11/h1-2,6-8,16H,3-5H2,(H2,12,13,14,15). The van der Waals surface area contributed by atoms with E-state index in [1.54, 1.807) is 6.33 Å². The second-order valence-corrected chi connectivity index (χ2v) is 4.32. The van der Waals surface area contributed by atoms with Gasteiger partial charge in [-0.05, 0) is 24.8 Å². The molecule has 0 unspecified atom stereocenters. The van der Waals surface area contributed by atoms with Gasteiger partial charge in [0.05, 0.1) is 5.39 Å². The third kappa shape index (κ3) is 1.53. The van der Waals surface area contributed by atoms with Crippen molar-refractivity contribution in [2.45, 2.75) is 18.9 Å². The first-order chi connectivity index (χ1) is 7.86. The van der Waals surface area contributed by atoms with E-state index in [4.69, 9.17) is 5.11 Å². The Labute approximate surface area is 92.9 Å². The van der Waals surface area contributed by atoms with Crippen LogP contribution in [0.1, 0.15) is 12.8 Å². The van der Waals surface area contributed by atoms with E-state index in [2.05, 4.69) is 20.3 Å². The number of nitrogens with one attached hydrogen (secondary N) is 2. The van der Waals surface area contributed by atoms with Crippen molar-refractivity contribution in [3.8, 4) is 0 Å². The fourth-order valence-corrected chi connectivity index (χ4v) is 2.18. The molecule has 0 atom stereocenters. The third-order valence-corrected chi connectivity index (χ3v) is 3.19. The Morgan fingerprint density at radius 1 is 1.44 bits per heavy atom. The molecule has 0 radical (unpaired) electrons. The van der Waals surface area contributed by atoms with Crippen molar-refractivity contribution in [1.29, 1.82) is 0 Å². The highest BCUT2D eigenvalue weighted by Crippen LogP contribution is 2.30. The van der Waals surface area contributed by atoms with Gasteiger partial charge in [0, 0.05) is 18.8 Å². The Morgan fingerprint density at radius 3 is 3.12 bits per heavy atom. The molecular weight excluding hydrogens is 204 g/mol. The van der Waals surface area contributed by atoms with Gasteiger partial charge in [0.1, 0.15) is 17.8 Å². The molecule has 16 heavy (non-hydrogen) atoms. The number of anilines is 1. The minimum Gasteiger partial charge on any atom is -0.396 e. The van der Waals surface area contributed by atoms with Crippen LogP contribution in [-0.2, 0) is 0 Å². The number of nitrogens with zero attached hydrogens (tertiary/aromatic N) is 2. The highest BCUT2D eigenvalue weighted by atomic mass is 16.3. The van der Waals surface area contributed by atoms with E-state index in [-0.39, 0.29) is 0 Å². The number of aromatic amines is 1. The van der Waals surface area contributed by atoms with E-state index >= 15 is 0 Å². The lowest BCUT2D eigenvalue weighted by Gasteiger charge is -2.34. The van der Waals surface area contributed by atoms with Crippen molar-refractivity contribution in [2.24, 2.45) is 5.92 Å². The smallest absolute Gasteiger partial charge is 0.142 e. The summed E-state index contributed by atoms with van der Waals surface area (Å²) in [5.74, 6) is 1.34. The quantitative estimate of drug-likeness (QED) is 0.722. The van der Waals surface area contributed by atoms with Crippen LogP contribution in [0.2, 0.25) is 0 Å². The molecule has 0 aliphatic heterocycles. The molecule has 3 N–H and O–H groups in total. The van der Waals surface area contributed by atoms with Crippen molar-refractivity contribution >= 4 is 16.9 Å². The summed E-state index contributed by atoms with van der Waals surface area (Å²) >= 11 is 0. The number of aliphatic hydroxyl groups excluding tert-OH is 1. The van der Waals surface area contributed by atoms with E-state index in [0.29, 0.717) is 18.6 Å². The molecule has 1 saturated carbocycles. The van der Waals surface area contributed by atoms with Crippen LogP contribution in [0.15, 0.2) is 18.6 Å². The normalized spacial score (nSPS) is 24.3. The van der Waals surface area contributed by atoms with E-state index in [0.717, 1.165) is 29.7 Å². The van der Waals surface area contributed by atoms with Crippen LogP contribution in [0.3, 0.4) is 0 Å². The van der Waals surface area contributed by atoms with Crippen LogP contribution >= 0.6 is 0 Å². The van der Waals surface area contributed by atoms with Gasteiger partial charge >= 0.3 is 0 Å². The van der Waals surface area contributed by atoms with Gasteiger partial charge in [-0.1, -0.05) is 0 Å². The summed E-state index contributed by atoms with van der Waals surface area (Å²) in [6.45, 7) is 0.293. The summed E-state index contributed by atoms with van der Waals surface area (Å²) in [6.07, 6.45) is 5.46. The summed E-state index contributed by atoms with van der Waals surface area (Å²) in [5.41, 5.74) is 0.857. The van der Waals surface area contributed by atoms with Crippen molar-refractivity contribution in [1.82, 2.24) is 15.0 Å². The lowest BCUT2D eigenvalue weighted by Crippen LogP contribution is -2.37. The van der Waals surface area contributed by atoms with Gasteiger partial charge in [-0.3, -0.25) is 0 Å². The average molecular weight is 218 g/mol. The number of fused-ring (bicyclic) bond motifs is 1. The molecule has 1 aliphatic carbocycles. The zero-order valence-corrected chi connectivity index (χ0v) is 8.85. The second kappa shape index (κ2) is 3.75. The minimum atomic E-state index is 0.293. The number of aromatic nitrogens is 3. The topological polar surface area (TPSA) is 73.8 Å². The van der Waals surface area contributed by atoms with Gasteiger partial charge in [0.15, 0.2) is 0 Å². The number of hydrogen-bond acceptors (Lipinski definition) is 4. The highest BCUT2D eigenvalue weighted by molar-refractivity contribution is 5.86. The van der Waals surface area contributed by atoms with Gasteiger partial charge in [-0.15, -0.1) is 0 Å². The Kier molecular flexibility index (Phi) is 2.25. The third-order valence-electron chi connectivity index (χ3n) is 3.19. The SMILES string of the molecule is OCC1CC(Nc2ncnc3[nH]ccc23)C1. The summed E-state index contributed by atoms with van der Waals surface area (Å²) in [6, 6.07) is 2.41. The molecule has 2 aromatic heterocycles. The van der Waals surface area contributed by atoms with Crippen LogP contribution in [0.5, 0.6) is 0 Å². The average Bonchev–Trinajstić information content (AvgIpc) is 2.71. The minimum absolute atomic E-state index is 0.293. The van der Waals surface area contributed by atoms with Gasteiger partial charge < -0.3 is 15.4 Å². The molecular formula is C11H14N4O. The molecule has 2 heterocycles. The first-order valence-corrected chi connectivity index (χ1v) is 5.52. The first kappa shape index (κ1) is 9.59. The maximum absolute atomic E-state index is 8.95. The van der Waals surface area contributed by atoms with E-state index in [9.17, 15) is 0 Å². The number of H-pyrrole nitrogens is 1. The van der Waals surface area contributed by atoms with Crippen molar-refractivity contribution in [2.75, 3.05) is 11.9 Å². The number of aliphatic hydroxyl groups is 1. The van der Waals surface area contributed by atoms with Gasteiger partial charge in [-0.25, -0.2) is 9.97 Å². The fraction of sp³-hybridized carbons (Fsp3) is 0.455. The Balaban J connectivity index is 1.77. The molecule has 1 fully saturated rings. The van der Waals surface area contributed by atoms with Crippen LogP contribution in [-0.4, -0.2) is 32.7 Å². The van der Waals surface area contributed by atoms with E-state index < -0.39 is 0 Å².